The molecule has 0 saturated heterocycles. The molecule has 1 N–H and O–H groups in total. The first-order chi connectivity index (χ1) is 12.4. The third kappa shape index (κ3) is 4.79. The van der Waals surface area contributed by atoms with Crippen LogP contribution < -0.4 is 15.0 Å². The summed E-state index contributed by atoms with van der Waals surface area (Å²) in [6.45, 7) is 13.8. The van der Waals surface area contributed by atoms with Crippen LogP contribution in [0.5, 0.6) is 5.75 Å². The first kappa shape index (κ1) is 21.2. The van der Waals surface area contributed by atoms with Crippen molar-refractivity contribution in [3.8, 4) is 5.75 Å². The van der Waals surface area contributed by atoms with Gasteiger partial charge in [0.1, 0.15) is 0 Å². The molecule has 2 unspecified atom stereocenters. The molecular weight excluding hydrogens is 347 g/mol. The van der Waals surface area contributed by atoms with Gasteiger partial charge in [-0.15, -0.1) is 0 Å². The third-order valence-electron chi connectivity index (χ3n) is 4.74. The van der Waals surface area contributed by atoms with E-state index in [2.05, 4.69) is 19.2 Å². The molecule has 0 bridgehead atoms. The molecule has 0 aromatic heterocycles. The molecule has 1 aromatic carbocycles. The molecule has 1 aliphatic rings. The van der Waals surface area contributed by atoms with E-state index < -0.39 is 11.9 Å². The van der Waals surface area contributed by atoms with Crippen molar-refractivity contribution in [1.29, 1.82) is 0 Å². The van der Waals surface area contributed by atoms with Gasteiger partial charge in [-0.3, -0.25) is 9.59 Å². The number of ether oxygens (including phenoxy) is 1. The van der Waals surface area contributed by atoms with Crippen LogP contribution in [0.1, 0.15) is 59.9 Å². The van der Waals surface area contributed by atoms with Gasteiger partial charge in [-0.25, -0.2) is 4.39 Å². The lowest BCUT2D eigenvalue weighted by Crippen LogP contribution is -2.46. The van der Waals surface area contributed by atoms with Gasteiger partial charge in [-0.1, -0.05) is 41.0 Å². The number of carbonyl (C=O) groups excluding carboxylic acids is 2. The van der Waals surface area contributed by atoms with Crippen LogP contribution in [0, 0.1) is 24.1 Å². The van der Waals surface area contributed by atoms with Gasteiger partial charge in [0.2, 0.25) is 5.91 Å². The minimum Gasteiger partial charge on any atom is -0.476 e. The van der Waals surface area contributed by atoms with E-state index in [1.807, 2.05) is 20.8 Å². The summed E-state index contributed by atoms with van der Waals surface area (Å²) >= 11 is 0. The molecule has 6 heteroatoms. The molecule has 2 rings (SSSR count). The largest absolute Gasteiger partial charge is 0.476 e. The molecule has 27 heavy (non-hydrogen) atoms. The smallest absolute Gasteiger partial charge is 0.267 e. The molecule has 5 nitrogen and oxygen atoms in total. The number of benzene rings is 1. The van der Waals surface area contributed by atoms with Crippen LogP contribution >= 0.6 is 0 Å². The highest BCUT2D eigenvalue weighted by molar-refractivity contribution is 6.01. The summed E-state index contributed by atoms with van der Waals surface area (Å²) in [5.41, 5.74) is 0.914. The third-order valence-corrected chi connectivity index (χ3v) is 4.74. The van der Waals surface area contributed by atoms with Gasteiger partial charge in [-0.05, 0) is 36.8 Å². The minimum atomic E-state index is -0.767. The number of anilines is 2. The van der Waals surface area contributed by atoms with Crippen molar-refractivity contribution in [2.75, 3.05) is 16.8 Å². The van der Waals surface area contributed by atoms with Gasteiger partial charge in [0, 0.05) is 13.0 Å². The maximum absolute atomic E-state index is 15.2. The van der Waals surface area contributed by atoms with Crippen molar-refractivity contribution >= 4 is 23.2 Å². The number of halogens is 1. The highest BCUT2D eigenvalue weighted by atomic mass is 19.1. The summed E-state index contributed by atoms with van der Waals surface area (Å²) in [6, 6.07) is 1.72. The van der Waals surface area contributed by atoms with Crippen molar-refractivity contribution in [2.45, 2.75) is 67.4 Å². The highest BCUT2D eigenvalue weighted by Gasteiger charge is 2.35. The zero-order valence-electron chi connectivity index (χ0n) is 17.4. The number of nitrogens with one attached hydrogen (secondary N) is 1. The fraction of sp³-hybridized carbons (Fsp3) is 0.619. The summed E-state index contributed by atoms with van der Waals surface area (Å²) in [5.74, 6) is -0.739. The van der Waals surface area contributed by atoms with Gasteiger partial charge >= 0.3 is 0 Å². The Morgan fingerprint density at radius 2 is 2.04 bits per heavy atom. The molecule has 1 aromatic rings. The quantitative estimate of drug-likeness (QED) is 0.810. The molecule has 2 amide bonds. The number of carbonyl (C=O) groups is 2. The van der Waals surface area contributed by atoms with E-state index in [1.165, 1.54) is 0 Å². The van der Waals surface area contributed by atoms with Crippen LogP contribution in [0.3, 0.4) is 0 Å². The first-order valence-corrected chi connectivity index (χ1v) is 9.55. The Kier molecular flexibility index (Phi) is 6.17. The van der Waals surface area contributed by atoms with E-state index in [-0.39, 0.29) is 41.0 Å². The van der Waals surface area contributed by atoms with E-state index in [4.69, 9.17) is 4.74 Å². The summed E-state index contributed by atoms with van der Waals surface area (Å²) < 4.78 is 20.8. The average Bonchev–Trinajstić information content (AvgIpc) is 2.55. The number of hydrogen-bond donors (Lipinski definition) is 1. The molecule has 0 radical (unpaired) electrons. The zero-order valence-corrected chi connectivity index (χ0v) is 17.4. The number of amides is 2. The second-order valence-corrected chi connectivity index (χ2v) is 8.74. The number of fused-ring (bicyclic) bond motifs is 1. The van der Waals surface area contributed by atoms with Gasteiger partial charge in [-0.2, -0.15) is 0 Å². The standard InChI is InChI=1S/C21H31FN2O3/c1-8-12(2)11-24-15-9-13(3)18(23-16(25)10-21(5,6)7)17(22)19(15)27-14(4)20(24)26/h9,12,14H,8,10-11H2,1-7H3,(H,23,25). The first-order valence-electron chi connectivity index (χ1n) is 9.55. The lowest BCUT2D eigenvalue weighted by Gasteiger charge is -2.35. The lowest BCUT2D eigenvalue weighted by molar-refractivity contribution is -0.125. The summed E-state index contributed by atoms with van der Waals surface area (Å²) in [5, 5.41) is 2.68. The van der Waals surface area contributed by atoms with E-state index >= 15 is 4.39 Å². The van der Waals surface area contributed by atoms with Gasteiger partial charge in [0.05, 0.1) is 11.4 Å². The number of aryl methyl sites for hydroxylation is 1. The van der Waals surface area contributed by atoms with Crippen LogP contribution in [0.4, 0.5) is 15.8 Å². The molecule has 0 saturated carbocycles. The van der Waals surface area contributed by atoms with Crippen molar-refractivity contribution < 1.29 is 18.7 Å². The predicted molar refractivity (Wildman–Crippen MR) is 106 cm³/mol. The number of rotatable bonds is 5. The highest BCUT2D eigenvalue weighted by Crippen LogP contribution is 2.42. The van der Waals surface area contributed by atoms with Crippen LogP contribution in [-0.4, -0.2) is 24.5 Å². The fourth-order valence-electron chi connectivity index (χ4n) is 3.07. The van der Waals surface area contributed by atoms with Gasteiger partial charge in [0.25, 0.3) is 5.91 Å². The molecule has 150 valence electrons. The molecule has 2 atom stereocenters. The topological polar surface area (TPSA) is 58.6 Å². The molecule has 0 fully saturated rings. The minimum absolute atomic E-state index is 0.0297. The Labute approximate surface area is 161 Å². The monoisotopic (exact) mass is 378 g/mol. The Morgan fingerprint density at radius 3 is 2.59 bits per heavy atom. The van der Waals surface area contributed by atoms with Crippen LogP contribution in [0.2, 0.25) is 0 Å². The molecule has 1 aliphatic heterocycles. The predicted octanol–water partition coefficient (Wildman–Crippen LogP) is 4.67. The summed E-state index contributed by atoms with van der Waals surface area (Å²) in [7, 11) is 0. The van der Waals surface area contributed by atoms with E-state index in [1.54, 1.807) is 24.8 Å². The fourth-order valence-corrected chi connectivity index (χ4v) is 3.07. The number of hydrogen-bond acceptors (Lipinski definition) is 3. The Morgan fingerprint density at radius 1 is 1.41 bits per heavy atom. The van der Waals surface area contributed by atoms with E-state index in [0.717, 1.165) is 6.42 Å². The normalized spacial score (nSPS) is 18.0. The molecular formula is C21H31FN2O3. The van der Waals surface area contributed by atoms with Gasteiger partial charge in [0.15, 0.2) is 17.7 Å². The molecule has 1 heterocycles. The Bertz CT molecular complexity index is 740. The van der Waals surface area contributed by atoms with Crippen molar-refractivity contribution in [3.05, 3.63) is 17.4 Å². The second kappa shape index (κ2) is 7.87. The Hall–Kier alpha value is -2.11. The van der Waals surface area contributed by atoms with Crippen molar-refractivity contribution in [3.63, 3.8) is 0 Å². The number of nitrogens with zero attached hydrogens (tertiary/aromatic N) is 1. The van der Waals surface area contributed by atoms with Crippen LogP contribution in [-0.2, 0) is 9.59 Å². The maximum atomic E-state index is 15.2. The second-order valence-electron chi connectivity index (χ2n) is 8.74. The van der Waals surface area contributed by atoms with E-state index in [0.29, 0.717) is 17.8 Å². The molecule has 0 spiro atoms. The van der Waals surface area contributed by atoms with Crippen LogP contribution in [0.25, 0.3) is 0 Å². The summed E-state index contributed by atoms with van der Waals surface area (Å²) in [6.07, 6.45) is 0.423. The van der Waals surface area contributed by atoms with Gasteiger partial charge < -0.3 is 15.0 Å². The SMILES string of the molecule is CCC(C)CN1C(=O)C(C)Oc2c1cc(C)c(NC(=O)CC(C)(C)C)c2F. The lowest BCUT2D eigenvalue weighted by atomic mass is 9.92. The summed E-state index contributed by atoms with van der Waals surface area (Å²) in [4.78, 5) is 26.5. The average molecular weight is 378 g/mol. The maximum Gasteiger partial charge on any atom is 0.267 e. The zero-order chi connectivity index (χ0) is 20.5. The Balaban J connectivity index is 2.42. The molecule has 0 aliphatic carbocycles. The van der Waals surface area contributed by atoms with E-state index in [9.17, 15) is 9.59 Å². The van der Waals surface area contributed by atoms with Crippen molar-refractivity contribution in [2.24, 2.45) is 11.3 Å². The van der Waals surface area contributed by atoms with Crippen LogP contribution in [0.15, 0.2) is 6.07 Å². The van der Waals surface area contributed by atoms with Crippen molar-refractivity contribution in [1.82, 2.24) is 0 Å².